The van der Waals surface area contributed by atoms with E-state index in [2.05, 4.69) is 15.5 Å². The lowest BCUT2D eigenvalue weighted by Gasteiger charge is -2.31. The van der Waals surface area contributed by atoms with Crippen LogP contribution in [0.25, 0.3) is 0 Å². The van der Waals surface area contributed by atoms with Crippen molar-refractivity contribution in [2.75, 3.05) is 19.0 Å². The SMILES string of the molecule is COc1ccc(Cc2nnc(NC(=O)[C@H]3CC(=O)N(C4CCCCC4)C3)s2)cc1. The third kappa shape index (κ3) is 4.75. The third-order valence-corrected chi connectivity index (χ3v) is 6.59. The fourth-order valence-corrected chi connectivity index (χ4v) is 4.93. The molecule has 1 aromatic carbocycles. The van der Waals surface area contributed by atoms with Crippen LogP contribution in [0.15, 0.2) is 24.3 Å². The molecule has 154 valence electrons. The second-order valence-corrected chi connectivity index (χ2v) is 8.82. The van der Waals surface area contributed by atoms with Gasteiger partial charge in [0.15, 0.2) is 0 Å². The van der Waals surface area contributed by atoms with Crippen LogP contribution >= 0.6 is 11.3 Å². The molecule has 1 aromatic heterocycles. The Morgan fingerprint density at radius 2 is 1.97 bits per heavy atom. The van der Waals surface area contributed by atoms with Gasteiger partial charge in [-0.05, 0) is 30.5 Å². The Kier molecular flexibility index (Phi) is 6.08. The first-order valence-corrected chi connectivity index (χ1v) is 11.0. The maximum absolute atomic E-state index is 12.7. The van der Waals surface area contributed by atoms with Gasteiger partial charge in [-0.1, -0.05) is 42.7 Å². The lowest BCUT2D eigenvalue weighted by atomic mass is 9.94. The number of carbonyl (C=O) groups excluding carboxylic acids is 2. The lowest BCUT2D eigenvalue weighted by molar-refractivity contribution is -0.130. The van der Waals surface area contributed by atoms with Crippen molar-refractivity contribution in [2.45, 2.75) is 51.0 Å². The zero-order chi connectivity index (χ0) is 20.2. The van der Waals surface area contributed by atoms with Gasteiger partial charge in [-0.3, -0.25) is 9.59 Å². The van der Waals surface area contributed by atoms with Gasteiger partial charge in [0.1, 0.15) is 10.8 Å². The molecule has 2 heterocycles. The fourth-order valence-electron chi connectivity index (χ4n) is 4.15. The summed E-state index contributed by atoms with van der Waals surface area (Å²) in [5.41, 5.74) is 1.10. The van der Waals surface area contributed by atoms with E-state index in [1.54, 1.807) is 7.11 Å². The molecule has 0 unspecified atom stereocenters. The highest BCUT2D eigenvalue weighted by molar-refractivity contribution is 7.15. The maximum atomic E-state index is 12.7. The van der Waals surface area contributed by atoms with Crippen molar-refractivity contribution in [1.82, 2.24) is 15.1 Å². The molecule has 2 aliphatic rings. The zero-order valence-corrected chi connectivity index (χ0v) is 17.4. The van der Waals surface area contributed by atoms with E-state index in [4.69, 9.17) is 4.74 Å². The molecule has 29 heavy (non-hydrogen) atoms. The number of nitrogens with zero attached hydrogens (tertiary/aromatic N) is 3. The van der Waals surface area contributed by atoms with Crippen LogP contribution in [0.2, 0.25) is 0 Å². The van der Waals surface area contributed by atoms with E-state index in [1.807, 2.05) is 29.2 Å². The largest absolute Gasteiger partial charge is 0.497 e. The summed E-state index contributed by atoms with van der Waals surface area (Å²) in [5.74, 6) is 0.476. The summed E-state index contributed by atoms with van der Waals surface area (Å²) in [6.45, 7) is 0.521. The van der Waals surface area contributed by atoms with Crippen molar-refractivity contribution in [1.29, 1.82) is 0 Å². The fraction of sp³-hybridized carbons (Fsp3) is 0.524. The third-order valence-electron chi connectivity index (χ3n) is 5.76. The summed E-state index contributed by atoms with van der Waals surface area (Å²) in [4.78, 5) is 27.0. The minimum atomic E-state index is -0.307. The molecule has 2 amide bonds. The van der Waals surface area contributed by atoms with Crippen molar-refractivity contribution < 1.29 is 14.3 Å². The van der Waals surface area contributed by atoms with Crippen LogP contribution in [0.1, 0.15) is 49.1 Å². The Hall–Kier alpha value is -2.48. The molecule has 8 heteroatoms. The molecule has 1 saturated heterocycles. The van der Waals surface area contributed by atoms with Gasteiger partial charge in [-0.25, -0.2) is 0 Å². The Labute approximate surface area is 174 Å². The number of carbonyl (C=O) groups is 2. The quantitative estimate of drug-likeness (QED) is 0.784. The number of aromatic nitrogens is 2. The van der Waals surface area contributed by atoms with E-state index in [1.165, 1.54) is 30.6 Å². The second-order valence-electron chi connectivity index (χ2n) is 7.75. The topological polar surface area (TPSA) is 84.4 Å². The van der Waals surface area contributed by atoms with Gasteiger partial charge < -0.3 is 15.0 Å². The minimum absolute atomic E-state index is 0.106. The van der Waals surface area contributed by atoms with Crippen LogP contribution < -0.4 is 10.1 Å². The van der Waals surface area contributed by atoms with Crippen molar-refractivity contribution in [3.8, 4) is 5.75 Å². The Balaban J connectivity index is 1.32. The first-order chi connectivity index (χ1) is 14.1. The number of likely N-dealkylation sites (tertiary alicyclic amines) is 1. The minimum Gasteiger partial charge on any atom is -0.497 e. The molecule has 2 aromatic rings. The highest BCUT2D eigenvalue weighted by atomic mass is 32.1. The molecular weight excluding hydrogens is 388 g/mol. The number of hydrogen-bond donors (Lipinski definition) is 1. The van der Waals surface area contributed by atoms with Crippen LogP contribution in [-0.2, 0) is 16.0 Å². The molecule has 0 radical (unpaired) electrons. The number of anilines is 1. The first kappa shape index (κ1) is 19.8. The summed E-state index contributed by atoms with van der Waals surface area (Å²) in [7, 11) is 1.64. The molecule has 2 fully saturated rings. The maximum Gasteiger partial charge on any atom is 0.231 e. The Morgan fingerprint density at radius 1 is 1.21 bits per heavy atom. The van der Waals surface area contributed by atoms with Crippen molar-refractivity contribution >= 4 is 28.3 Å². The lowest BCUT2D eigenvalue weighted by Crippen LogP contribution is -2.38. The van der Waals surface area contributed by atoms with Crippen LogP contribution in [0.4, 0.5) is 5.13 Å². The molecule has 4 rings (SSSR count). The van der Waals surface area contributed by atoms with E-state index in [0.717, 1.165) is 29.2 Å². The molecule has 1 saturated carbocycles. The monoisotopic (exact) mass is 414 g/mol. The van der Waals surface area contributed by atoms with E-state index in [9.17, 15) is 9.59 Å². The van der Waals surface area contributed by atoms with Gasteiger partial charge >= 0.3 is 0 Å². The summed E-state index contributed by atoms with van der Waals surface area (Å²) in [5, 5.41) is 12.5. The standard InChI is InChI=1S/C21H26N4O3S/c1-28-17-9-7-14(8-10-17)11-18-23-24-21(29-18)22-20(27)15-12-19(26)25(13-15)16-5-3-2-4-6-16/h7-10,15-16H,2-6,11-13H2,1H3,(H,22,24,27)/t15-/m0/s1. The molecule has 1 aliphatic heterocycles. The van der Waals surface area contributed by atoms with Crippen LogP contribution in [0, 0.1) is 5.92 Å². The van der Waals surface area contributed by atoms with Gasteiger partial charge in [-0.15, -0.1) is 10.2 Å². The number of benzene rings is 1. The van der Waals surface area contributed by atoms with Crippen LogP contribution in [0.3, 0.4) is 0 Å². The van der Waals surface area contributed by atoms with E-state index >= 15 is 0 Å². The molecule has 7 nitrogen and oxygen atoms in total. The number of methoxy groups -OCH3 is 1. The summed E-state index contributed by atoms with van der Waals surface area (Å²) in [6.07, 6.45) is 6.66. The van der Waals surface area contributed by atoms with Gasteiger partial charge in [0.25, 0.3) is 0 Å². The number of ether oxygens (including phenoxy) is 1. The molecule has 1 atom stereocenters. The Morgan fingerprint density at radius 3 is 2.69 bits per heavy atom. The molecule has 0 bridgehead atoms. The van der Waals surface area contributed by atoms with E-state index in [-0.39, 0.29) is 17.7 Å². The highest BCUT2D eigenvalue weighted by Crippen LogP contribution is 2.29. The first-order valence-electron chi connectivity index (χ1n) is 10.2. The summed E-state index contributed by atoms with van der Waals surface area (Å²) in [6, 6.07) is 8.11. The normalized spacial score (nSPS) is 20.1. The molecule has 1 N–H and O–H groups in total. The smallest absolute Gasteiger partial charge is 0.231 e. The van der Waals surface area contributed by atoms with Gasteiger partial charge in [0, 0.05) is 25.4 Å². The van der Waals surface area contributed by atoms with Gasteiger partial charge in [0.05, 0.1) is 13.0 Å². The van der Waals surface area contributed by atoms with Gasteiger partial charge in [-0.2, -0.15) is 0 Å². The number of rotatable bonds is 6. The Bertz CT molecular complexity index is 861. The van der Waals surface area contributed by atoms with E-state index in [0.29, 0.717) is 30.6 Å². The predicted molar refractivity (Wildman–Crippen MR) is 111 cm³/mol. The van der Waals surface area contributed by atoms with Crippen molar-refractivity contribution in [2.24, 2.45) is 5.92 Å². The van der Waals surface area contributed by atoms with E-state index < -0.39 is 0 Å². The number of amides is 2. The number of nitrogens with one attached hydrogen (secondary N) is 1. The predicted octanol–water partition coefficient (Wildman–Crippen LogP) is 3.26. The summed E-state index contributed by atoms with van der Waals surface area (Å²) < 4.78 is 5.17. The van der Waals surface area contributed by atoms with Crippen molar-refractivity contribution in [3.63, 3.8) is 0 Å². The molecular formula is C21H26N4O3S. The highest BCUT2D eigenvalue weighted by Gasteiger charge is 2.38. The number of hydrogen-bond acceptors (Lipinski definition) is 6. The second kappa shape index (κ2) is 8.90. The van der Waals surface area contributed by atoms with Crippen molar-refractivity contribution in [3.05, 3.63) is 34.8 Å². The van der Waals surface area contributed by atoms with Crippen LogP contribution in [0.5, 0.6) is 5.75 Å². The average molecular weight is 415 g/mol. The van der Waals surface area contributed by atoms with Gasteiger partial charge in [0.2, 0.25) is 16.9 Å². The molecule has 1 aliphatic carbocycles. The summed E-state index contributed by atoms with van der Waals surface area (Å²) >= 11 is 1.37. The molecule has 0 spiro atoms. The van der Waals surface area contributed by atoms with Crippen LogP contribution in [-0.4, -0.2) is 46.6 Å². The average Bonchev–Trinajstić information content (AvgIpc) is 3.35. The zero-order valence-electron chi connectivity index (χ0n) is 16.6.